The molecule has 1 unspecified atom stereocenters. The molecule has 0 fully saturated rings. The van der Waals surface area contributed by atoms with Gasteiger partial charge < -0.3 is 21.7 Å². The minimum atomic E-state index is -0.570. The Morgan fingerprint density at radius 3 is 2.05 bits per heavy atom. The van der Waals surface area contributed by atoms with Crippen LogP contribution in [0.1, 0.15) is 20.3 Å². The molecule has 0 radical (unpaired) electrons. The van der Waals surface area contributed by atoms with Gasteiger partial charge in [0.2, 0.25) is 5.91 Å². The fraction of sp³-hybridized carbons (Fsp3) is 0.429. The third-order valence-corrected chi connectivity index (χ3v) is 3.41. The van der Waals surface area contributed by atoms with Gasteiger partial charge in [0.15, 0.2) is 0 Å². The third kappa shape index (κ3) is 3.96. The summed E-state index contributed by atoms with van der Waals surface area (Å²) in [6, 6.07) is 6.61. The van der Waals surface area contributed by atoms with Crippen LogP contribution < -0.4 is 21.7 Å². The smallest absolute Gasteiger partial charge is 0.318 e. The van der Waals surface area contributed by atoms with Crippen molar-refractivity contribution < 1.29 is 9.59 Å². The van der Waals surface area contributed by atoms with Gasteiger partial charge in [0.05, 0.1) is 5.41 Å². The van der Waals surface area contributed by atoms with E-state index in [0.29, 0.717) is 24.3 Å². The van der Waals surface area contributed by atoms with E-state index in [0.717, 1.165) is 0 Å². The van der Waals surface area contributed by atoms with Crippen LogP contribution in [0, 0.1) is 5.41 Å². The summed E-state index contributed by atoms with van der Waals surface area (Å²) >= 11 is 0. The number of hydrogen-bond donors (Lipinski definition) is 4. The lowest BCUT2D eigenvalue weighted by Gasteiger charge is -2.25. The number of carbonyl (C=O) groups excluding carboxylic acids is 2. The van der Waals surface area contributed by atoms with E-state index in [-0.39, 0.29) is 11.9 Å². The highest BCUT2D eigenvalue weighted by atomic mass is 16.2. The second-order valence-electron chi connectivity index (χ2n) is 4.85. The second kappa shape index (κ2) is 6.91. The molecule has 20 heavy (non-hydrogen) atoms. The van der Waals surface area contributed by atoms with Gasteiger partial charge in [0, 0.05) is 25.0 Å². The highest BCUT2D eigenvalue weighted by molar-refractivity contribution is 5.95. The molecule has 0 spiro atoms. The fourth-order valence-corrected chi connectivity index (χ4v) is 1.51. The van der Waals surface area contributed by atoms with Crippen LogP contribution in [0.25, 0.3) is 0 Å². The maximum Gasteiger partial charge on any atom is 0.318 e. The van der Waals surface area contributed by atoms with Gasteiger partial charge in [-0.15, -0.1) is 0 Å². The first-order valence-corrected chi connectivity index (χ1v) is 6.55. The molecule has 0 aliphatic rings. The predicted molar refractivity (Wildman–Crippen MR) is 80.6 cm³/mol. The third-order valence-electron chi connectivity index (χ3n) is 3.41. The van der Waals surface area contributed by atoms with Crippen LogP contribution in [0.5, 0.6) is 0 Å². The zero-order valence-corrected chi connectivity index (χ0v) is 12.1. The molecule has 1 aromatic rings. The molecule has 5 N–H and O–H groups in total. The number of urea groups is 1. The van der Waals surface area contributed by atoms with Crippen molar-refractivity contribution in [3.8, 4) is 0 Å². The Kier molecular flexibility index (Phi) is 5.52. The quantitative estimate of drug-likeness (QED) is 0.660. The Morgan fingerprint density at radius 2 is 1.65 bits per heavy atom. The van der Waals surface area contributed by atoms with E-state index in [1.807, 2.05) is 13.8 Å². The van der Waals surface area contributed by atoms with Crippen LogP contribution in [0.15, 0.2) is 24.3 Å². The van der Waals surface area contributed by atoms with E-state index < -0.39 is 5.41 Å². The maximum absolute atomic E-state index is 12.1. The van der Waals surface area contributed by atoms with Gasteiger partial charge in [-0.25, -0.2) is 4.79 Å². The van der Waals surface area contributed by atoms with E-state index in [1.54, 1.807) is 31.3 Å². The minimum Gasteiger partial charge on any atom is -0.341 e. The van der Waals surface area contributed by atoms with Crippen molar-refractivity contribution in [3.63, 3.8) is 0 Å². The summed E-state index contributed by atoms with van der Waals surface area (Å²) in [6.45, 7) is 4.07. The van der Waals surface area contributed by atoms with Crippen LogP contribution in [0.3, 0.4) is 0 Å². The van der Waals surface area contributed by atoms with E-state index in [9.17, 15) is 9.59 Å². The fourth-order valence-electron chi connectivity index (χ4n) is 1.51. The zero-order valence-electron chi connectivity index (χ0n) is 12.1. The molecule has 0 aliphatic carbocycles. The molecule has 3 amide bonds. The first-order chi connectivity index (χ1) is 9.45. The molecule has 0 heterocycles. The molecular weight excluding hydrogens is 256 g/mol. The molecule has 6 heteroatoms. The van der Waals surface area contributed by atoms with Crippen molar-refractivity contribution in [2.75, 3.05) is 24.2 Å². The van der Waals surface area contributed by atoms with Gasteiger partial charge in [-0.1, -0.05) is 6.92 Å². The van der Waals surface area contributed by atoms with Crippen molar-refractivity contribution in [3.05, 3.63) is 24.3 Å². The van der Waals surface area contributed by atoms with Gasteiger partial charge in [-0.05, 0) is 37.6 Å². The van der Waals surface area contributed by atoms with Gasteiger partial charge in [0.1, 0.15) is 0 Å². The standard InChI is InChI=1S/C14H22N4O2/c1-4-14(2,9-15)12(19)17-10-5-7-11(8-6-10)18-13(20)16-3/h5-8H,4,9,15H2,1-3H3,(H,17,19)(H2,16,18,20). The predicted octanol–water partition coefficient (Wildman–Crippen LogP) is 1.75. The Hall–Kier alpha value is -2.08. The topological polar surface area (TPSA) is 96.2 Å². The lowest BCUT2D eigenvalue weighted by molar-refractivity contribution is -0.124. The monoisotopic (exact) mass is 278 g/mol. The highest BCUT2D eigenvalue weighted by Crippen LogP contribution is 2.22. The van der Waals surface area contributed by atoms with Crippen molar-refractivity contribution in [1.29, 1.82) is 0 Å². The average Bonchev–Trinajstić information content (AvgIpc) is 2.48. The Labute approximate surface area is 119 Å². The van der Waals surface area contributed by atoms with Crippen molar-refractivity contribution >= 4 is 23.3 Å². The number of hydrogen-bond acceptors (Lipinski definition) is 3. The first-order valence-electron chi connectivity index (χ1n) is 6.55. The number of amides is 3. The van der Waals surface area contributed by atoms with Gasteiger partial charge in [-0.3, -0.25) is 4.79 Å². The van der Waals surface area contributed by atoms with E-state index in [1.165, 1.54) is 0 Å². The van der Waals surface area contributed by atoms with Crippen molar-refractivity contribution in [2.45, 2.75) is 20.3 Å². The number of benzene rings is 1. The first kappa shape index (κ1) is 16.0. The largest absolute Gasteiger partial charge is 0.341 e. The van der Waals surface area contributed by atoms with Crippen molar-refractivity contribution in [1.82, 2.24) is 5.32 Å². The van der Waals surface area contributed by atoms with Gasteiger partial charge in [0.25, 0.3) is 0 Å². The molecule has 0 aromatic heterocycles. The summed E-state index contributed by atoms with van der Waals surface area (Å²) in [6.07, 6.45) is 0.672. The SMILES string of the molecule is CCC(C)(CN)C(=O)Nc1ccc(NC(=O)NC)cc1. The highest BCUT2D eigenvalue weighted by Gasteiger charge is 2.29. The summed E-state index contributed by atoms with van der Waals surface area (Å²) in [5.74, 6) is -0.102. The Bertz CT molecular complexity index is 467. The molecule has 0 saturated carbocycles. The molecular formula is C14H22N4O2. The van der Waals surface area contributed by atoms with Crippen LogP contribution in [-0.4, -0.2) is 25.5 Å². The van der Waals surface area contributed by atoms with Crippen molar-refractivity contribution in [2.24, 2.45) is 11.1 Å². The molecule has 0 bridgehead atoms. The average molecular weight is 278 g/mol. The van der Waals surface area contributed by atoms with Crippen LogP contribution in [0.4, 0.5) is 16.2 Å². The van der Waals surface area contributed by atoms with E-state index in [4.69, 9.17) is 5.73 Å². The van der Waals surface area contributed by atoms with Crippen LogP contribution >= 0.6 is 0 Å². The molecule has 0 saturated heterocycles. The molecule has 1 aromatic carbocycles. The molecule has 6 nitrogen and oxygen atoms in total. The van der Waals surface area contributed by atoms with Gasteiger partial charge in [-0.2, -0.15) is 0 Å². The molecule has 1 rings (SSSR count). The maximum atomic E-state index is 12.1. The summed E-state index contributed by atoms with van der Waals surface area (Å²) in [4.78, 5) is 23.3. The number of rotatable bonds is 5. The molecule has 1 atom stereocenters. The zero-order chi connectivity index (χ0) is 15.2. The number of carbonyl (C=O) groups is 2. The normalized spacial score (nSPS) is 13.2. The Balaban J connectivity index is 2.70. The molecule has 110 valence electrons. The Morgan fingerprint density at radius 1 is 1.15 bits per heavy atom. The van der Waals surface area contributed by atoms with Gasteiger partial charge >= 0.3 is 6.03 Å². The lowest BCUT2D eigenvalue weighted by Crippen LogP contribution is -2.39. The number of nitrogens with one attached hydrogen (secondary N) is 3. The summed E-state index contributed by atoms with van der Waals surface area (Å²) in [5, 5.41) is 7.94. The van der Waals surface area contributed by atoms with E-state index >= 15 is 0 Å². The van der Waals surface area contributed by atoms with Crippen LogP contribution in [0.2, 0.25) is 0 Å². The second-order valence-corrected chi connectivity index (χ2v) is 4.85. The van der Waals surface area contributed by atoms with Crippen LogP contribution in [-0.2, 0) is 4.79 Å². The number of anilines is 2. The summed E-state index contributed by atoms with van der Waals surface area (Å²) in [7, 11) is 1.54. The summed E-state index contributed by atoms with van der Waals surface area (Å²) < 4.78 is 0. The lowest BCUT2D eigenvalue weighted by atomic mass is 9.86. The summed E-state index contributed by atoms with van der Waals surface area (Å²) in [5.41, 5.74) is 6.40. The number of nitrogens with two attached hydrogens (primary N) is 1. The minimum absolute atomic E-state index is 0.102. The van der Waals surface area contributed by atoms with E-state index in [2.05, 4.69) is 16.0 Å². The molecule has 0 aliphatic heterocycles.